The Morgan fingerprint density at radius 2 is 1.75 bits per heavy atom. The molecule has 0 unspecified atom stereocenters. The van der Waals surface area contributed by atoms with Crippen LogP contribution < -0.4 is 21.1 Å². The minimum Gasteiger partial charge on any atom is -0.484 e. The third-order valence-corrected chi connectivity index (χ3v) is 3.25. The van der Waals surface area contributed by atoms with Gasteiger partial charge in [0.05, 0.1) is 0 Å². The second kappa shape index (κ2) is 7.45. The lowest BCUT2D eigenvalue weighted by Gasteiger charge is -2.10. The summed E-state index contributed by atoms with van der Waals surface area (Å²) in [6.45, 7) is 3.63. The van der Waals surface area contributed by atoms with Gasteiger partial charge in [-0.1, -0.05) is 6.07 Å². The fourth-order valence-electron chi connectivity index (χ4n) is 2.09. The lowest BCUT2D eigenvalue weighted by Crippen LogP contribution is -2.44. The van der Waals surface area contributed by atoms with Crippen LogP contribution in [0.1, 0.15) is 21.5 Å². The molecule has 7 nitrogen and oxygen atoms in total. The Hall–Kier alpha value is -3.09. The third-order valence-electron chi connectivity index (χ3n) is 3.25. The molecule has 0 radical (unpaired) electrons. The zero-order chi connectivity index (χ0) is 17.7. The number of nitrogens with one attached hydrogen (secondary N) is 2. The van der Waals surface area contributed by atoms with E-state index in [4.69, 9.17) is 4.74 Å². The van der Waals surface area contributed by atoms with Gasteiger partial charge in [-0.2, -0.15) is 0 Å². The zero-order valence-corrected chi connectivity index (χ0v) is 13.8. The van der Waals surface area contributed by atoms with Crippen molar-refractivity contribution in [3.8, 4) is 5.75 Å². The molecule has 0 aliphatic heterocycles. The molecule has 0 spiro atoms. The maximum absolute atomic E-state index is 11.9. The van der Waals surface area contributed by atoms with Crippen LogP contribution in [0.5, 0.6) is 5.75 Å². The Kier molecular flexibility index (Phi) is 5.36. The number of aromatic nitrogens is 1. The van der Waals surface area contributed by atoms with Crippen molar-refractivity contribution in [2.45, 2.75) is 13.8 Å². The summed E-state index contributed by atoms with van der Waals surface area (Å²) in [6, 6.07) is 8.30. The molecule has 0 saturated heterocycles. The summed E-state index contributed by atoms with van der Waals surface area (Å²) < 4.78 is 6.73. The molecule has 2 amide bonds. The number of nitrogens with zero attached hydrogens (tertiary/aromatic N) is 1. The number of benzene rings is 1. The van der Waals surface area contributed by atoms with Crippen molar-refractivity contribution in [3.05, 3.63) is 63.6 Å². The van der Waals surface area contributed by atoms with Crippen molar-refractivity contribution < 1.29 is 14.3 Å². The molecule has 0 bridgehead atoms. The van der Waals surface area contributed by atoms with Crippen LogP contribution in [0.25, 0.3) is 0 Å². The predicted molar refractivity (Wildman–Crippen MR) is 88.7 cm³/mol. The molecular formula is C17H19N3O4. The van der Waals surface area contributed by atoms with Crippen molar-refractivity contribution in [1.82, 2.24) is 15.4 Å². The molecule has 7 heteroatoms. The van der Waals surface area contributed by atoms with E-state index in [1.54, 1.807) is 7.05 Å². The summed E-state index contributed by atoms with van der Waals surface area (Å²) >= 11 is 0. The minimum atomic E-state index is -0.576. The molecule has 1 heterocycles. The smallest absolute Gasteiger partial charge is 0.276 e. The van der Waals surface area contributed by atoms with Crippen molar-refractivity contribution in [2.75, 3.05) is 6.61 Å². The van der Waals surface area contributed by atoms with Gasteiger partial charge in [-0.05, 0) is 43.2 Å². The number of hydrogen-bond donors (Lipinski definition) is 2. The highest BCUT2D eigenvalue weighted by Crippen LogP contribution is 2.15. The van der Waals surface area contributed by atoms with Gasteiger partial charge >= 0.3 is 0 Å². The highest BCUT2D eigenvalue weighted by molar-refractivity contribution is 5.95. The van der Waals surface area contributed by atoms with Gasteiger partial charge in [0.25, 0.3) is 17.4 Å². The number of rotatable bonds is 4. The second-order valence-corrected chi connectivity index (χ2v) is 5.48. The van der Waals surface area contributed by atoms with Crippen molar-refractivity contribution >= 4 is 11.8 Å². The number of aryl methyl sites for hydroxylation is 3. The molecule has 0 atom stereocenters. The van der Waals surface area contributed by atoms with Gasteiger partial charge in [-0.15, -0.1) is 0 Å². The fourth-order valence-corrected chi connectivity index (χ4v) is 2.09. The third kappa shape index (κ3) is 4.70. The van der Waals surface area contributed by atoms with E-state index in [2.05, 4.69) is 10.9 Å². The molecule has 0 aliphatic rings. The summed E-state index contributed by atoms with van der Waals surface area (Å²) in [7, 11) is 1.58. The van der Waals surface area contributed by atoms with Crippen LogP contribution in [0.15, 0.2) is 41.3 Å². The van der Waals surface area contributed by atoms with Crippen molar-refractivity contribution in [2.24, 2.45) is 7.05 Å². The van der Waals surface area contributed by atoms with E-state index in [0.29, 0.717) is 5.75 Å². The van der Waals surface area contributed by atoms with Gasteiger partial charge in [-0.3, -0.25) is 25.2 Å². The van der Waals surface area contributed by atoms with E-state index in [-0.39, 0.29) is 17.7 Å². The average molecular weight is 329 g/mol. The maximum Gasteiger partial charge on any atom is 0.276 e. The summed E-state index contributed by atoms with van der Waals surface area (Å²) in [5.41, 5.74) is 6.39. The molecule has 0 saturated carbocycles. The second-order valence-electron chi connectivity index (χ2n) is 5.48. The van der Waals surface area contributed by atoms with E-state index in [9.17, 15) is 14.4 Å². The van der Waals surface area contributed by atoms with Crippen molar-refractivity contribution in [1.29, 1.82) is 0 Å². The summed E-state index contributed by atoms with van der Waals surface area (Å²) in [5, 5.41) is 0. The van der Waals surface area contributed by atoms with E-state index in [1.165, 1.54) is 22.9 Å². The Labute approximate surface area is 139 Å². The molecule has 24 heavy (non-hydrogen) atoms. The normalized spacial score (nSPS) is 10.1. The highest BCUT2D eigenvalue weighted by Gasteiger charge is 2.09. The van der Waals surface area contributed by atoms with Crippen LogP contribution in [-0.2, 0) is 11.8 Å². The van der Waals surface area contributed by atoms with E-state index in [1.807, 2.05) is 32.0 Å². The van der Waals surface area contributed by atoms with E-state index in [0.717, 1.165) is 11.1 Å². The number of pyridine rings is 1. The van der Waals surface area contributed by atoms with Crippen LogP contribution in [0.2, 0.25) is 0 Å². The topological polar surface area (TPSA) is 89.4 Å². The lowest BCUT2D eigenvalue weighted by atomic mass is 10.1. The van der Waals surface area contributed by atoms with E-state index >= 15 is 0 Å². The standard InChI is InChI=1S/C17H19N3O4/c1-11-6-12(2)8-14(7-11)24-10-15(21)18-19-17(23)13-4-5-20(3)16(22)9-13/h4-9H,10H2,1-3H3,(H,18,21)(H,19,23). The van der Waals surface area contributed by atoms with Crippen LogP contribution >= 0.6 is 0 Å². The number of carbonyl (C=O) groups is 2. The molecule has 1 aromatic carbocycles. The Balaban J connectivity index is 1.85. The first-order valence-electron chi connectivity index (χ1n) is 7.32. The molecule has 0 fully saturated rings. The Morgan fingerprint density at radius 3 is 2.38 bits per heavy atom. The predicted octanol–water partition coefficient (Wildman–Crippen LogP) is 0.842. The van der Waals surface area contributed by atoms with Crippen LogP contribution in [-0.4, -0.2) is 23.0 Å². The van der Waals surface area contributed by atoms with E-state index < -0.39 is 11.8 Å². The number of ether oxygens (including phenoxy) is 1. The maximum atomic E-state index is 11.9. The largest absolute Gasteiger partial charge is 0.484 e. The van der Waals surface area contributed by atoms with Crippen LogP contribution in [0, 0.1) is 13.8 Å². The Bertz CT molecular complexity index is 807. The fraction of sp³-hybridized carbons (Fsp3) is 0.235. The van der Waals surface area contributed by atoms with Gasteiger partial charge in [0, 0.05) is 24.9 Å². The summed E-state index contributed by atoms with van der Waals surface area (Å²) in [4.78, 5) is 35.1. The molecule has 126 valence electrons. The van der Waals surface area contributed by atoms with Gasteiger partial charge < -0.3 is 9.30 Å². The van der Waals surface area contributed by atoms with Gasteiger partial charge in [0.2, 0.25) is 0 Å². The van der Waals surface area contributed by atoms with Gasteiger partial charge in [0.15, 0.2) is 6.61 Å². The first-order valence-corrected chi connectivity index (χ1v) is 7.32. The molecule has 2 N–H and O–H groups in total. The molecule has 2 rings (SSSR count). The average Bonchev–Trinajstić information content (AvgIpc) is 2.52. The summed E-state index contributed by atoms with van der Waals surface area (Å²) in [5.74, 6) is -0.501. The highest BCUT2D eigenvalue weighted by atomic mass is 16.5. The van der Waals surface area contributed by atoms with Crippen LogP contribution in [0.4, 0.5) is 0 Å². The molecule has 0 aliphatic carbocycles. The van der Waals surface area contributed by atoms with Crippen LogP contribution in [0.3, 0.4) is 0 Å². The van der Waals surface area contributed by atoms with Crippen molar-refractivity contribution in [3.63, 3.8) is 0 Å². The number of hydrogen-bond acceptors (Lipinski definition) is 4. The minimum absolute atomic E-state index is 0.161. The lowest BCUT2D eigenvalue weighted by molar-refractivity contribution is -0.123. The number of hydrazine groups is 1. The molecule has 1 aromatic heterocycles. The molecular weight excluding hydrogens is 310 g/mol. The first kappa shape index (κ1) is 17.3. The number of amides is 2. The summed E-state index contributed by atoms with van der Waals surface area (Å²) in [6.07, 6.45) is 1.47. The van der Waals surface area contributed by atoms with Gasteiger partial charge in [0.1, 0.15) is 5.75 Å². The monoisotopic (exact) mass is 329 g/mol. The van der Waals surface area contributed by atoms with Gasteiger partial charge in [-0.25, -0.2) is 0 Å². The first-order chi connectivity index (χ1) is 11.3. The number of carbonyl (C=O) groups excluding carboxylic acids is 2. The Morgan fingerprint density at radius 1 is 1.08 bits per heavy atom. The zero-order valence-electron chi connectivity index (χ0n) is 13.8. The quantitative estimate of drug-likeness (QED) is 0.814. The molecule has 2 aromatic rings. The SMILES string of the molecule is Cc1cc(C)cc(OCC(=O)NNC(=O)c2ccn(C)c(=O)c2)c1.